The number of hydrogen-bond acceptors (Lipinski definition) is 4. The monoisotopic (exact) mass is 337 g/mol. The molecular weight excluding hydrogens is 302 g/mol. The van der Waals surface area contributed by atoms with Crippen molar-refractivity contribution < 1.29 is 9.47 Å². The van der Waals surface area contributed by atoms with E-state index in [2.05, 4.69) is 31.1 Å². The minimum absolute atomic E-state index is 0.619. The largest absolute Gasteiger partial charge is 0.381 e. The average molecular weight is 338 g/mol. The SMILES string of the molecule is CCCOCC1CCC(COCCn2cc(CC(C)C)nn2)CC1. The third kappa shape index (κ3) is 7.31. The van der Waals surface area contributed by atoms with Crippen LogP contribution in [0.1, 0.15) is 58.6 Å². The van der Waals surface area contributed by atoms with Gasteiger partial charge in [0.25, 0.3) is 0 Å². The number of nitrogens with zero attached hydrogens (tertiary/aromatic N) is 3. The van der Waals surface area contributed by atoms with E-state index in [9.17, 15) is 0 Å². The van der Waals surface area contributed by atoms with E-state index in [1.165, 1.54) is 25.7 Å². The van der Waals surface area contributed by atoms with Crippen molar-refractivity contribution >= 4 is 0 Å². The molecule has 1 fully saturated rings. The first-order valence-electron chi connectivity index (χ1n) is 9.71. The zero-order valence-corrected chi connectivity index (χ0v) is 15.7. The second-order valence-electron chi connectivity index (χ2n) is 7.61. The number of ether oxygens (including phenoxy) is 2. The second kappa shape index (κ2) is 10.8. The van der Waals surface area contributed by atoms with Gasteiger partial charge in [0.15, 0.2) is 0 Å². The van der Waals surface area contributed by atoms with Gasteiger partial charge in [0, 0.05) is 26.0 Å². The van der Waals surface area contributed by atoms with Crippen LogP contribution in [0.4, 0.5) is 0 Å². The molecule has 5 nitrogen and oxygen atoms in total. The number of hydrogen-bond donors (Lipinski definition) is 0. The topological polar surface area (TPSA) is 49.2 Å². The van der Waals surface area contributed by atoms with Crippen LogP contribution in [-0.4, -0.2) is 41.4 Å². The van der Waals surface area contributed by atoms with E-state index in [0.717, 1.165) is 63.3 Å². The Kier molecular flexibility index (Phi) is 8.75. The van der Waals surface area contributed by atoms with E-state index in [4.69, 9.17) is 9.47 Å². The quantitative estimate of drug-likeness (QED) is 0.577. The van der Waals surface area contributed by atoms with Crippen molar-refractivity contribution in [2.24, 2.45) is 17.8 Å². The van der Waals surface area contributed by atoms with E-state index in [1.807, 2.05) is 10.9 Å². The summed E-state index contributed by atoms with van der Waals surface area (Å²) in [6.45, 7) is 10.8. The minimum Gasteiger partial charge on any atom is -0.381 e. The normalized spacial score (nSPS) is 21.5. The van der Waals surface area contributed by atoms with Gasteiger partial charge in [-0.15, -0.1) is 5.10 Å². The lowest BCUT2D eigenvalue weighted by Gasteiger charge is -2.28. The maximum absolute atomic E-state index is 5.88. The van der Waals surface area contributed by atoms with Crippen LogP contribution in [0.25, 0.3) is 0 Å². The molecule has 0 bridgehead atoms. The van der Waals surface area contributed by atoms with Gasteiger partial charge in [0.2, 0.25) is 0 Å². The molecule has 1 aromatic rings. The van der Waals surface area contributed by atoms with E-state index >= 15 is 0 Å². The molecule has 1 aromatic heterocycles. The van der Waals surface area contributed by atoms with Gasteiger partial charge < -0.3 is 9.47 Å². The predicted molar refractivity (Wildman–Crippen MR) is 95.9 cm³/mol. The van der Waals surface area contributed by atoms with Crippen LogP contribution in [0.15, 0.2) is 6.20 Å². The molecule has 5 heteroatoms. The molecule has 1 heterocycles. The summed E-state index contributed by atoms with van der Waals surface area (Å²) in [6.07, 6.45) is 9.30. The molecule has 0 saturated heterocycles. The lowest BCUT2D eigenvalue weighted by molar-refractivity contribution is 0.0470. The highest BCUT2D eigenvalue weighted by Gasteiger charge is 2.21. The van der Waals surface area contributed by atoms with E-state index in [0.29, 0.717) is 5.92 Å². The summed E-state index contributed by atoms with van der Waals surface area (Å²) in [5.41, 5.74) is 1.08. The molecule has 0 spiro atoms. The highest BCUT2D eigenvalue weighted by molar-refractivity contribution is 4.93. The average Bonchev–Trinajstić information content (AvgIpc) is 3.00. The van der Waals surface area contributed by atoms with Crippen molar-refractivity contribution in [3.8, 4) is 0 Å². The molecule has 138 valence electrons. The van der Waals surface area contributed by atoms with Crippen molar-refractivity contribution in [3.63, 3.8) is 0 Å². The molecule has 0 unspecified atom stereocenters. The Hall–Kier alpha value is -0.940. The van der Waals surface area contributed by atoms with Crippen LogP contribution in [0, 0.1) is 17.8 Å². The standard InChI is InChI=1S/C19H35N3O2/c1-4-10-23-14-17-5-7-18(8-6-17)15-24-11-9-22-13-19(20-21-22)12-16(2)3/h13,16-18H,4-12,14-15H2,1-3H3. The number of rotatable bonds is 11. The molecule has 0 aliphatic heterocycles. The Balaban J connectivity index is 1.53. The van der Waals surface area contributed by atoms with Gasteiger partial charge >= 0.3 is 0 Å². The first-order valence-corrected chi connectivity index (χ1v) is 9.71. The summed E-state index contributed by atoms with van der Waals surface area (Å²) in [7, 11) is 0. The van der Waals surface area contributed by atoms with Crippen LogP contribution in [0.5, 0.6) is 0 Å². The maximum atomic E-state index is 5.88. The third-order valence-electron chi connectivity index (χ3n) is 4.69. The summed E-state index contributed by atoms with van der Waals surface area (Å²) in [5.74, 6) is 2.11. The van der Waals surface area contributed by atoms with Gasteiger partial charge in [-0.2, -0.15) is 0 Å². The molecule has 0 aromatic carbocycles. The van der Waals surface area contributed by atoms with Gasteiger partial charge in [-0.3, -0.25) is 0 Å². The molecule has 2 rings (SSSR count). The lowest BCUT2D eigenvalue weighted by atomic mass is 9.83. The molecule has 1 aliphatic rings. The number of aromatic nitrogens is 3. The first-order chi connectivity index (χ1) is 11.7. The fraction of sp³-hybridized carbons (Fsp3) is 0.895. The summed E-state index contributed by atoms with van der Waals surface area (Å²) < 4.78 is 13.5. The van der Waals surface area contributed by atoms with Gasteiger partial charge in [-0.25, -0.2) is 4.68 Å². The Bertz CT molecular complexity index is 440. The summed E-state index contributed by atoms with van der Waals surface area (Å²) >= 11 is 0. The van der Waals surface area contributed by atoms with Crippen molar-refractivity contribution in [2.45, 2.75) is 65.8 Å². The zero-order chi connectivity index (χ0) is 17.2. The van der Waals surface area contributed by atoms with Crippen molar-refractivity contribution in [3.05, 3.63) is 11.9 Å². The van der Waals surface area contributed by atoms with E-state index in [1.54, 1.807) is 0 Å². The fourth-order valence-electron chi connectivity index (χ4n) is 3.33. The molecule has 1 saturated carbocycles. The highest BCUT2D eigenvalue weighted by atomic mass is 16.5. The van der Waals surface area contributed by atoms with Gasteiger partial charge in [0.05, 0.1) is 18.8 Å². The molecule has 24 heavy (non-hydrogen) atoms. The van der Waals surface area contributed by atoms with Gasteiger partial charge in [-0.1, -0.05) is 26.0 Å². The Morgan fingerprint density at radius 2 is 1.71 bits per heavy atom. The Morgan fingerprint density at radius 3 is 2.29 bits per heavy atom. The second-order valence-corrected chi connectivity index (χ2v) is 7.61. The zero-order valence-electron chi connectivity index (χ0n) is 15.7. The Labute approximate surface area is 147 Å². The lowest BCUT2D eigenvalue weighted by Crippen LogP contribution is -2.22. The van der Waals surface area contributed by atoms with Crippen molar-refractivity contribution in [1.82, 2.24) is 15.0 Å². The molecule has 0 atom stereocenters. The fourth-order valence-corrected chi connectivity index (χ4v) is 3.33. The molecule has 0 radical (unpaired) electrons. The third-order valence-corrected chi connectivity index (χ3v) is 4.69. The van der Waals surface area contributed by atoms with Gasteiger partial charge in [-0.05, 0) is 56.3 Å². The summed E-state index contributed by atoms with van der Waals surface area (Å²) in [4.78, 5) is 0. The molecular formula is C19H35N3O2. The summed E-state index contributed by atoms with van der Waals surface area (Å²) in [6, 6.07) is 0. The van der Waals surface area contributed by atoms with Crippen molar-refractivity contribution in [2.75, 3.05) is 26.4 Å². The minimum atomic E-state index is 0.619. The maximum Gasteiger partial charge on any atom is 0.0829 e. The molecule has 0 N–H and O–H groups in total. The predicted octanol–water partition coefficient (Wildman–Crippen LogP) is 3.73. The van der Waals surface area contributed by atoms with Crippen LogP contribution in [-0.2, 0) is 22.4 Å². The smallest absolute Gasteiger partial charge is 0.0829 e. The van der Waals surface area contributed by atoms with Gasteiger partial charge in [0.1, 0.15) is 0 Å². The Morgan fingerprint density at radius 1 is 1.08 bits per heavy atom. The van der Waals surface area contributed by atoms with Crippen LogP contribution < -0.4 is 0 Å². The van der Waals surface area contributed by atoms with Crippen LogP contribution >= 0.6 is 0 Å². The van der Waals surface area contributed by atoms with E-state index in [-0.39, 0.29) is 0 Å². The van der Waals surface area contributed by atoms with Crippen molar-refractivity contribution in [1.29, 1.82) is 0 Å². The molecule has 1 aliphatic carbocycles. The van der Waals surface area contributed by atoms with E-state index < -0.39 is 0 Å². The first kappa shape index (κ1) is 19.4. The van der Waals surface area contributed by atoms with Crippen LogP contribution in [0.3, 0.4) is 0 Å². The van der Waals surface area contributed by atoms with Crippen LogP contribution in [0.2, 0.25) is 0 Å². The summed E-state index contributed by atoms with van der Waals surface area (Å²) in [5, 5.41) is 8.38. The highest BCUT2D eigenvalue weighted by Crippen LogP contribution is 2.29. The molecule has 0 amide bonds.